The van der Waals surface area contributed by atoms with Crippen LogP contribution in [0.4, 0.5) is 0 Å². The summed E-state index contributed by atoms with van der Waals surface area (Å²) in [6.45, 7) is 7.81. The molecule has 0 fully saturated rings. The summed E-state index contributed by atoms with van der Waals surface area (Å²) in [4.78, 5) is 19.9. The van der Waals surface area contributed by atoms with Crippen molar-refractivity contribution in [1.82, 2.24) is 0 Å². The maximum absolute atomic E-state index is 9.97. The van der Waals surface area contributed by atoms with Gasteiger partial charge < -0.3 is 18.8 Å². The molecule has 0 aliphatic rings. The average molecular weight is 254 g/mol. The first-order chi connectivity index (χ1) is 5.54. The Kier molecular flexibility index (Phi) is 25.7. The van der Waals surface area contributed by atoms with Gasteiger partial charge in [-0.3, -0.25) is 0 Å². The van der Waals surface area contributed by atoms with E-state index in [-0.39, 0.29) is 37.7 Å². The van der Waals surface area contributed by atoms with Gasteiger partial charge in [0.25, 0.3) is 0 Å². The molecular weight excluding hydrogens is 238 g/mol. The molecule has 76 valence electrons. The van der Waals surface area contributed by atoms with Crippen LogP contribution in [0, 0.1) is 0 Å². The Morgan fingerprint density at radius 1 is 0.923 bits per heavy atom. The van der Waals surface area contributed by atoms with Crippen molar-refractivity contribution in [2.75, 3.05) is 26.5 Å². The standard InChI is InChI=1S/2C3H8O2P.Ca/c2*1-3-5-6(2)4;/h2*3H2,1-2H3;/q2*-1;+2. The molecule has 0 saturated heterocycles. The minimum absolute atomic E-state index is 0. The van der Waals surface area contributed by atoms with Gasteiger partial charge in [0.15, 0.2) is 0 Å². The third kappa shape index (κ3) is 31.5. The molecule has 0 aromatic heterocycles. The molecule has 0 saturated carbocycles. The van der Waals surface area contributed by atoms with Crippen LogP contribution in [-0.2, 0) is 9.05 Å². The van der Waals surface area contributed by atoms with Crippen LogP contribution in [0.5, 0.6) is 0 Å². The third-order valence-electron chi connectivity index (χ3n) is 0.622. The molecule has 0 bridgehead atoms. The molecule has 0 heterocycles. The van der Waals surface area contributed by atoms with Gasteiger partial charge in [0.2, 0.25) is 0 Å². The van der Waals surface area contributed by atoms with Crippen molar-refractivity contribution in [3.05, 3.63) is 0 Å². The maximum Gasteiger partial charge on any atom is 2.00 e. The van der Waals surface area contributed by atoms with Crippen LogP contribution in [0.25, 0.3) is 0 Å². The summed E-state index contributed by atoms with van der Waals surface area (Å²) in [5.41, 5.74) is 0. The molecule has 2 atom stereocenters. The summed E-state index contributed by atoms with van der Waals surface area (Å²) in [5.74, 6) is 0. The van der Waals surface area contributed by atoms with Gasteiger partial charge in [-0.1, -0.05) is 16.8 Å². The van der Waals surface area contributed by atoms with Gasteiger partial charge in [0, 0.05) is 13.2 Å². The Hall–Kier alpha value is 1.96. The van der Waals surface area contributed by atoms with Gasteiger partial charge in [0.1, 0.15) is 0 Å². The topological polar surface area (TPSA) is 64.6 Å². The van der Waals surface area contributed by atoms with Gasteiger partial charge >= 0.3 is 37.7 Å². The van der Waals surface area contributed by atoms with Crippen molar-refractivity contribution in [1.29, 1.82) is 0 Å². The zero-order chi connectivity index (χ0) is 9.98. The van der Waals surface area contributed by atoms with E-state index in [1.54, 1.807) is 13.3 Å². The predicted molar refractivity (Wildman–Crippen MR) is 54.7 cm³/mol. The van der Waals surface area contributed by atoms with Crippen molar-refractivity contribution in [3.63, 3.8) is 0 Å². The minimum Gasteiger partial charge on any atom is -0.808 e. The first kappa shape index (κ1) is 20.4. The second kappa shape index (κ2) is 16.4. The van der Waals surface area contributed by atoms with E-state index < -0.39 is 16.8 Å². The molecule has 0 amide bonds. The summed E-state index contributed by atoms with van der Waals surface area (Å²) in [7, 11) is -2.70. The van der Waals surface area contributed by atoms with Gasteiger partial charge in [-0.2, -0.15) is 0 Å². The molecule has 0 radical (unpaired) electrons. The largest absolute Gasteiger partial charge is 2.00 e. The molecule has 2 unspecified atom stereocenters. The number of hydrogen-bond donors (Lipinski definition) is 0. The van der Waals surface area contributed by atoms with E-state index in [1.165, 1.54) is 0 Å². The van der Waals surface area contributed by atoms with Gasteiger partial charge in [-0.15, -0.1) is 0 Å². The van der Waals surface area contributed by atoms with Crippen molar-refractivity contribution >= 4 is 54.5 Å². The van der Waals surface area contributed by atoms with Crippen LogP contribution in [0.2, 0.25) is 0 Å². The van der Waals surface area contributed by atoms with Gasteiger partial charge in [0.05, 0.1) is 0 Å². The second-order valence-corrected chi connectivity index (χ2v) is 3.99. The van der Waals surface area contributed by atoms with Crippen molar-refractivity contribution in [3.8, 4) is 0 Å². The van der Waals surface area contributed by atoms with Gasteiger partial charge in [-0.25, -0.2) is 0 Å². The van der Waals surface area contributed by atoms with E-state index in [2.05, 4.69) is 9.05 Å². The summed E-state index contributed by atoms with van der Waals surface area (Å²) in [6.07, 6.45) is 0. The summed E-state index contributed by atoms with van der Waals surface area (Å²) < 4.78 is 9.10. The molecule has 0 aromatic rings. The van der Waals surface area contributed by atoms with Crippen molar-refractivity contribution in [2.24, 2.45) is 0 Å². The average Bonchev–Trinajstić information content (AvgIpc) is 1.87. The molecule has 0 aliphatic heterocycles. The fraction of sp³-hybridized carbons (Fsp3) is 1.00. The zero-order valence-corrected chi connectivity index (χ0v) is 12.6. The Morgan fingerprint density at radius 3 is 1.15 bits per heavy atom. The molecule has 4 nitrogen and oxygen atoms in total. The Labute approximate surface area is 113 Å². The summed E-state index contributed by atoms with van der Waals surface area (Å²) in [5, 5.41) is 0. The molecule has 0 aliphatic carbocycles. The Bertz CT molecular complexity index is 75.0. The molecular formula is C6H16CaO4P2. The van der Waals surface area contributed by atoms with E-state index in [9.17, 15) is 9.79 Å². The molecule has 0 rings (SSSR count). The van der Waals surface area contributed by atoms with Crippen LogP contribution in [-0.4, -0.2) is 64.3 Å². The Balaban J connectivity index is -0.000000143. The minimum atomic E-state index is -1.35. The monoisotopic (exact) mass is 254 g/mol. The number of hydrogen-bond acceptors (Lipinski definition) is 4. The van der Waals surface area contributed by atoms with E-state index in [4.69, 9.17) is 0 Å². The summed E-state index contributed by atoms with van der Waals surface area (Å²) in [6, 6.07) is 0. The predicted octanol–water partition coefficient (Wildman–Crippen LogP) is 0.269. The summed E-state index contributed by atoms with van der Waals surface area (Å²) >= 11 is 0. The van der Waals surface area contributed by atoms with Crippen LogP contribution in [0.15, 0.2) is 0 Å². The normalized spacial score (nSPS) is 13.4. The molecule has 0 N–H and O–H groups in total. The zero-order valence-electron chi connectivity index (χ0n) is 8.65. The maximum atomic E-state index is 9.97. The van der Waals surface area contributed by atoms with Crippen LogP contribution >= 0.6 is 16.8 Å². The fourth-order valence-corrected chi connectivity index (χ4v) is 1.09. The molecule has 0 aromatic carbocycles. The first-order valence-corrected chi connectivity index (χ1v) is 6.87. The Morgan fingerprint density at radius 2 is 1.15 bits per heavy atom. The van der Waals surface area contributed by atoms with Crippen LogP contribution < -0.4 is 9.79 Å². The van der Waals surface area contributed by atoms with E-state index in [0.29, 0.717) is 13.2 Å². The molecule has 7 heteroatoms. The first-order valence-electron chi connectivity index (χ1n) is 3.62. The SMILES string of the molecule is CCOP(C)[O-].CCOP(C)[O-].[Ca+2]. The quantitative estimate of drug-likeness (QED) is 0.533. The third-order valence-corrected chi connectivity index (χ3v) is 1.87. The second-order valence-electron chi connectivity index (χ2n) is 1.71. The van der Waals surface area contributed by atoms with E-state index >= 15 is 0 Å². The van der Waals surface area contributed by atoms with E-state index in [0.717, 1.165) is 0 Å². The molecule has 13 heavy (non-hydrogen) atoms. The van der Waals surface area contributed by atoms with Gasteiger partial charge in [-0.05, 0) is 27.2 Å². The van der Waals surface area contributed by atoms with E-state index in [1.807, 2.05) is 13.8 Å². The molecule has 0 spiro atoms. The van der Waals surface area contributed by atoms with Crippen LogP contribution in [0.1, 0.15) is 13.8 Å². The van der Waals surface area contributed by atoms with Crippen molar-refractivity contribution < 1.29 is 18.8 Å². The van der Waals surface area contributed by atoms with Crippen molar-refractivity contribution in [2.45, 2.75) is 13.8 Å². The smallest absolute Gasteiger partial charge is 0.808 e. The van der Waals surface area contributed by atoms with Crippen LogP contribution in [0.3, 0.4) is 0 Å². The fourth-order valence-electron chi connectivity index (χ4n) is 0.364. The number of rotatable bonds is 4.